The molecule has 1 heterocycles. The molecule has 4 nitrogen and oxygen atoms in total. The zero-order chi connectivity index (χ0) is 14.9. The number of likely N-dealkylation sites (tertiary alicyclic amines) is 1. The number of anilines is 1. The van der Waals surface area contributed by atoms with E-state index in [9.17, 15) is 4.79 Å². The van der Waals surface area contributed by atoms with Gasteiger partial charge in [0.25, 0.3) is 0 Å². The first-order valence-corrected chi connectivity index (χ1v) is 7.93. The minimum Gasteiger partial charge on any atom is -0.399 e. The van der Waals surface area contributed by atoms with Crippen LogP contribution in [0.5, 0.6) is 0 Å². The van der Waals surface area contributed by atoms with Crippen LogP contribution in [0.25, 0.3) is 0 Å². The number of amides is 1. The highest BCUT2D eigenvalue weighted by atomic mass is 16.5. The van der Waals surface area contributed by atoms with E-state index in [1.54, 1.807) is 0 Å². The average Bonchev–Trinajstić information content (AvgIpc) is 3.30. The fraction of sp³-hybridized carbons (Fsp3) is 0.588. The summed E-state index contributed by atoms with van der Waals surface area (Å²) in [6, 6.07) is 7.80. The molecule has 1 aromatic carbocycles. The molecule has 1 saturated heterocycles. The second-order valence-corrected chi connectivity index (χ2v) is 6.15. The minimum absolute atomic E-state index is 0.272. The Morgan fingerprint density at radius 2 is 1.90 bits per heavy atom. The van der Waals surface area contributed by atoms with Crippen molar-refractivity contribution in [2.45, 2.75) is 44.1 Å². The second-order valence-electron chi connectivity index (χ2n) is 6.15. The van der Waals surface area contributed by atoms with Crippen LogP contribution >= 0.6 is 0 Å². The quantitative estimate of drug-likeness (QED) is 0.865. The maximum atomic E-state index is 12.9. The first-order valence-electron chi connectivity index (χ1n) is 7.93. The summed E-state index contributed by atoms with van der Waals surface area (Å²) in [4.78, 5) is 14.9. The summed E-state index contributed by atoms with van der Waals surface area (Å²) in [6.07, 6.45) is 4.16. The van der Waals surface area contributed by atoms with E-state index in [2.05, 4.69) is 0 Å². The molecule has 0 bridgehead atoms. The van der Waals surface area contributed by atoms with Crippen LogP contribution in [0, 0.1) is 0 Å². The summed E-state index contributed by atoms with van der Waals surface area (Å²) in [6.45, 7) is 4.42. The lowest BCUT2D eigenvalue weighted by Gasteiger charge is -2.34. The number of hydrogen-bond donors (Lipinski definition) is 1. The van der Waals surface area contributed by atoms with Gasteiger partial charge in [-0.25, -0.2) is 0 Å². The van der Waals surface area contributed by atoms with E-state index < -0.39 is 0 Å². The molecule has 1 aliphatic heterocycles. The average molecular weight is 288 g/mol. The van der Waals surface area contributed by atoms with Gasteiger partial charge in [-0.15, -0.1) is 0 Å². The van der Waals surface area contributed by atoms with Crippen LogP contribution in [0.15, 0.2) is 24.3 Å². The fourth-order valence-electron chi connectivity index (χ4n) is 3.32. The lowest BCUT2D eigenvalue weighted by molar-refractivity contribution is -0.136. The van der Waals surface area contributed by atoms with Crippen LogP contribution in [-0.2, 0) is 14.9 Å². The number of piperidine rings is 1. The fourth-order valence-corrected chi connectivity index (χ4v) is 3.32. The molecule has 4 heteroatoms. The molecule has 0 aromatic heterocycles. The molecule has 21 heavy (non-hydrogen) atoms. The molecule has 1 aromatic rings. The molecule has 2 fully saturated rings. The smallest absolute Gasteiger partial charge is 0.233 e. The Morgan fingerprint density at radius 1 is 1.29 bits per heavy atom. The molecular weight excluding hydrogens is 264 g/mol. The molecule has 0 radical (unpaired) electrons. The van der Waals surface area contributed by atoms with Gasteiger partial charge in [0.15, 0.2) is 0 Å². The number of benzene rings is 1. The molecule has 114 valence electrons. The van der Waals surface area contributed by atoms with E-state index in [-0.39, 0.29) is 5.41 Å². The summed E-state index contributed by atoms with van der Waals surface area (Å²) in [5.74, 6) is 0.294. The molecule has 0 spiro atoms. The summed E-state index contributed by atoms with van der Waals surface area (Å²) in [7, 11) is 0. The van der Waals surface area contributed by atoms with Crippen LogP contribution in [0.4, 0.5) is 5.69 Å². The van der Waals surface area contributed by atoms with Gasteiger partial charge in [0.1, 0.15) is 0 Å². The lowest BCUT2D eigenvalue weighted by atomic mass is 9.93. The third-order valence-electron chi connectivity index (χ3n) is 4.75. The maximum Gasteiger partial charge on any atom is 0.233 e. The molecule has 0 unspecified atom stereocenters. The Labute approximate surface area is 126 Å². The second kappa shape index (κ2) is 5.68. The minimum atomic E-state index is -0.272. The molecule has 3 rings (SSSR count). The maximum absolute atomic E-state index is 12.9. The van der Waals surface area contributed by atoms with Crippen molar-refractivity contribution in [2.75, 3.05) is 25.4 Å². The van der Waals surface area contributed by atoms with Gasteiger partial charge < -0.3 is 15.4 Å². The number of nitrogen functional groups attached to an aromatic ring is 1. The number of carbonyl (C=O) groups excluding carboxylic acids is 1. The van der Waals surface area contributed by atoms with Crippen molar-refractivity contribution in [2.24, 2.45) is 0 Å². The number of nitrogens with zero attached hydrogens (tertiary/aromatic N) is 1. The Morgan fingerprint density at radius 3 is 2.43 bits per heavy atom. The number of hydrogen-bond acceptors (Lipinski definition) is 3. The highest BCUT2D eigenvalue weighted by molar-refractivity contribution is 5.91. The number of rotatable bonds is 4. The highest BCUT2D eigenvalue weighted by Gasteiger charge is 2.53. The van der Waals surface area contributed by atoms with Crippen molar-refractivity contribution in [3.05, 3.63) is 29.8 Å². The first-order chi connectivity index (χ1) is 10.2. The lowest BCUT2D eigenvalue weighted by Crippen LogP contribution is -2.45. The summed E-state index contributed by atoms with van der Waals surface area (Å²) < 4.78 is 5.66. The Bertz CT molecular complexity index is 500. The van der Waals surface area contributed by atoms with Crippen LogP contribution in [-0.4, -0.2) is 36.6 Å². The third-order valence-corrected chi connectivity index (χ3v) is 4.75. The van der Waals surface area contributed by atoms with Gasteiger partial charge in [-0.3, -0.25) is 4.79 Å². The van der Waals surface area contributed by atoms with Crippen molar-refractivity contribution < 1.29 is 9.53 Å². The van der Waals surface area contributed by atoms with Gasteiger partial charge in [-0.1, -0.05) is 12.1 Å². The van der Waals surface area contributed by atoms with E-state index in [4.69, 9.17) is 10.5 Å². The first kappa shape index (κ1) is 14.4. The van der Waals surface area contributed by atoms with Crippen LogP contribution < -0.4 is 5.73 Å². The van der Waals surface area contributed by atoms with E-state index in [0.717, 1.165) is 56.6 Å². The summed E-state index contributed by atoms with van der Waals surface area (Å²) >= 11 is 0. The van der Waals surface area contributed by atoms with Crippen LogP contribution in [0.2, 0.25) is 0 Å². The molecule has 1 aliphatic carbocycles. The van der Waals surface area contributed by atoms with Gasteiger partial charge in [0.2, 0.25) is 5.91 Å². The van der Waals surface area contributed by atoms with E-state index in [0.29, 0.717) is 12.0 Å². The van der Waals surface area contributed by atoms with E-state index in [1.165, 1.54) is 0 Å². The molecule has 2 N–H and O–H groups in total. The zero-order valence-electron chi connectivity index (χ0n) is 12.7. The van der Waals surface area contributed by atoms with Crippen molar-refractivity contribution in [1.82, 2.24) is 4.90 Å². The van der Waals surface area contributed by atoms with E-state index >= 15 is 0 Å². The monoisotopic (exact) mass is 288 g/mol. The zero-order valence-corrected chi connectivity index (χ0v) is 12.7. The van der Waals surface area contributed by atoms with E-state index in [1.807, 2.05) is 36.1 Å². The molecule has 1 amide bonds. The van der Waals surface area contributed by atoms with Gasteiger partial charge >= 0.3 is 0 Å². The van der Waals surface area contributed by atoms with Crippen LogP contribution in [0.3, 0.4) is 0 Å². The molecule has 0 atom stereocenters. The normalized spacial score (nSPS) is 21.3. The predicted octanol–water partition coefficient (Wildman–Crippen LogP) is 2.33. The molecular formula is C17H24N2O2. The highest BCUT2D eigenvalue weighted by Crippen LogP contribution is 2.50. The number of carbonyl (C=O) groups is 1. The van der Waals surface area contributed by atoms with Gasteiger partial charge in [-0.05, 0) is 50.3 Å². The van der Waals surface area contributed by atoms with Crippen molar-refractivity contribution >= 4 is 11.6 Å². The molecule has 2 aliphatic rings. The predicted molar refractivity (Wildman–Crippen MR) is 83.0 cm³/mol. The Balaban J connectivity index is 1.67. The molecule has 1 saturated carbocycles. The Hall–Kier alpha value is -1.55. The van der Waals surface area contributed by atoms with Crippen molar-refractivity contribution in [3.8, 4) is 0 Å². The number of nitrogens with two attached hydrogens (primary N) is 1. The van der Waals surface area contributed by atoms with Gasteiger partial charge in [0, 0.05) is 25.4 Å². The third kappa shape index (κ3) is 2.77. The van der Waals surface area contributed by atoms with Crippen LogP contribution in [0.1, 0.15) is 38.2 Å². The standard InChI is InChI=1S/C17H24N2O2/c1-2-21-15-7-11-19(12-8-15)16(20)17(9-10-17)13-3-5-14(18)6-4-13/h3-6,15H,2,7-12,18H2,1H3. The van der Waals surface area contributed by atoms with Gasteiger partial charge in [-0.2, -0.15) is 0 Å². The van der Waals surface area contributed by atoms with Gasteiger partial charge in [0.05, 0.1) is 11.5 Å². The SMILES string of the molecule is CCOC1CCN(C(=O)C2(c3ccc(N)cc3)CC2)CC1. The summed E-state index contributed by atoms with van der Waals surface area (Å²) in [5.41, 5.74) is 7.34. The largest absolute Gasteiger partial charge is 0.399 e. The topological polar surface area (TPSA) is 55.6 Å². The van der Waals surface area contributed by atoms with Crippen molar-refractivity contribution in [3.63, 3.8) is 0 Å². The summed E-state index contributed by atoms with van der Waals surface area (Å²) in [5, 5.41) is 0. The number of ether oxygens (including phenoxy) is 1. The van der Waals surface area contributed by atoms with Crippen molar-refractivity contribution in [1.29, 1.82) is 0 Å². The Kier molecular flexibility index (Phi) is 3.89.